The summed E-state index contributed by atoms with van der Waals surface area (Å²) >= 11 is 5.59. The van der Waals surface area contributed by atoms with Crippen LogP contribution in [0.25, 0.3) is 0 Å². The monoisotopic (exact) mass is 159 g/mol. The summed E-state index contributed by atoms with van der Waals surface area (Å²) in [4.78, 5) is 10.9. The van der Waals surface area contributed by atoms with Gasteiger partial charge < -0.3 is 5.32 Å². The summed E-state index contributed by atoms with van der Waals surface area (Å²) in [6, 6.07) is 0. The number of nitrogens with one attached hydrogen (secondary N) is 1. The average Bonchev–Trinajstić information content (AvgIpc) is 1.92. The maximum absolute atomic E-state index is 10.9. The zero-order chi connectivity index (χ0) is 7.40. The van der Waals surface area contributed by atoms with Crippen molar-refractivity contribution in [3.05, 3.63) is 11.1 Å². The smallest absolute Gasteiger partial charge is 0.262 e. The molecule has 1 rings (SSSR count). The van der Waals surface area contributed by atoms with E-state index in [1.807, 2.05) is 0 Å². The highest BCUT2D eigenvalue weighted by Gasteiger charge is 2.06. The summed E-state index contributed by atoms with van der Waals surface area (Å²) in [5.74, 6) is -0.138. The lowest BCUT2D eigenvalue weighted by Crippen LogP contribution is -2.25. The second-order valence-corrected chi connectivity index (χ2v) is 2.71. The Morgan fingerprint density at radius 1 is 1.50 bits per heavy atom. The van der Waals surface area contributed by atoms with Crippen molar-refractivity contribution in [2.24, 2.45) is 0 Å². The molecule has 56 valence electrons. The Bertz CT molecular complexity index is 165. The molecule has 0 saturated heterocycles. The number of halogens is 1. The van der Waals surface area contributed by atoms with Crippen molar-refractivity contribution in [3.8, 4) is 0 Å². The van der Waals surface area contributed by atoms with E-state index >= 15 is 0 Å². The van der Waals surface area contributed by atoms with E-state index < -0.39 is 0 Å². The molecular weight excluding hydrogens is 150 g/mol. The fourth-order valence-corrected chi connectivity index (χ4v) is 1.05. The highest BCUT2D eigenvalue weighted by atomic mass is 35.5. The number of rotatable bonds is 0. The molecule has 0 saturated carbocycles. The van der Waals surface area contributed by atoms with Gasteiger partial charge >= 0.3 is 0 Å². The fourth-order valence-electron chi connectivity index (χ4n) is 0.877. The van der Waals surface area contributed by atoms with Crippen LogP contribution in [-0.4, -0.2) is 12.5 Å². The van der Waals surface area contributed by atoms with Gasteiger partial charge in [0.25, 0.3) is 5.91 Å². The zero-order valence-corrected chi connectivity index (χ0v) is 6.45. The van der Waals surface area contributed by atoms with Crippen molar-refractivity contribution in [1.29, 1.82) is 0 Å². The van der Waals surface area contributed by atoms with Gasteiger partial charge in [-0.15, -0.1) is 0 Å². The molecule has 1 aliphatic heterocycles. The maximum Gasteiger partial charge on any atom is 0.262 e. The number of allylic oxidation sites excluding steroid dienone is 1. The predicted octanol–water partition coefficient (Wildman–Crippen LogP) is 1.41. The molecular formula is C7H10ClNO. The summed E-state index contributed by atoms with van der Waals surface area (Å²) < 4.78 is 0. The number of hydrogen-bond donors (Lipinski definition) is 1. The van der Waals surface area contributed by atoms with Gasteiger partial charge in [0.2, 0.25) is 0 Å². The van der Waals surface area contributed by atoms with Crippen molar-refractivity contribution < 1.29 is 4.79 Å². The Morgan fingerprint density at radius 3 is 3.10 bits per heavy atom. The van der Waals surface area contributed by atoms with Crippen molar-refractivity contribution in [3.63, 3.8) is 0 Å². The molecule has 0 atom stereocenters. The molecule has 0 aromatic carbocycles. The van der Waals surface area contributed by atoms with Gasteiger partial charge in [-0.2, -0.15) is 0 Å². The van der Waals surface area contributed by atoms with Gasteiger partial charge in [0.1, 0.15) is 5.03 Å². The summed E-state index contributed by atoms with van der Waals surface area (Å²) in [5.41, 5.74) is 0. The van der Waals surface area contributed by atoms with E-state index in [0.717, 1.165) is 25.8 Å². The van der Waals surface area contributed by atoms with Gasteiger partial charge in [0.15, 0.2) is 0 Å². The molecule has 0 aliphatic carbocycles. The van der Waals surface area contributed by atoms with Crippen molar-refractivity contribution in [1.82, 2.24) is 5.32 Å². The largest absolute Gasteiger partial charge is 0.351 e. The van der Waals surface area contributed by atoms with Crippen LogP contribution in [0.5, 0.6) is 0 Å². The lowest BCUT2D eigenvalue weighted by atomic mass is 10.2. The predicted molar refractivity (Wildman–Crippen MR) is 40.8 cm³/mol. The van der Waals surface area contributed by atoms with E-state index in [1.54, 1.807) is 6.08 Å². The number of carbonyl (C=O) groups excluding carboxylic acids is 1. The quantitative estimate of drug-likeness (QED) is 0.569. The summed E-state index contributed by atoms with van der Waals surface area (Å²) in [7, 11) is 0. The SMILES string of the molecule is O=C1NCCCCC=C1Cl. The third kappa shape index (κ3) is 2.03. The normalized spacial score (nSPS) is 20.5. The third-order valence-electron chi connectivity index (χ3n) is 1.46. The van der Waals surface area contributed by atoms with E-state index in [2.05, 4.69) is 5.32 Å². The van der Waals surface area contributed by atoms with Gasteiger partial charge in [-0.3, -0.25) is 4.79 Å². The lowest BCUT2D eigenvalue weighted by molar-refractivity contribution is -0.116. The topological polar surface area (TPSA) is 29.1 Å². The first-order chi connectivity index (χ1) is 4.80. The van der Waals surface area contributed by atoms with Crippen LogP contribution in [0.2, 0.25) is 0 Å². The molecule has 1 amide bonds. The molecule has 1 aliphatic rings. The fraction of sp³-hybridized carbons (Fsp3) is 0.571. The van der Waals surface area contributed by atoms with Crippen molar-refractivity contribution >= 4 is 17.5 Å². The van der Waals surface area contributed by atoms with Crippen LogP contribution in [0, 0.1) is 0 Å². The molecule has 0 radical (unpaired) electrons. The number of carbonyl (C=O) groups is 1. The molecule has 0 unspecified atom stereocenters. The Balaban J connectivity index is 2.56. The number of amides is 1. The van der Waals surface area contributed by atoms with E-state index in [1.165, 1.54) is 0 Å². The van der Waals surface area contributed by atoms with Gasteiger partial charge in [-0.1, -0.05) is 17.7 Å². The molecule has 0 spiro atoms. The second-order valence-electron chi connectivity index (χ2n) is 2.30. The Labute approximate surface area is 65.2 Å². The van der Waals surface area contributed by atoms with Gasteiger partial charge in [0, 0.05) is 6.54 Å². The number of hydrogen-bond acceptors (Lipinski definition) is 1. The van der Waals surface area contributed by atoms with Gasteiger partial charge in [0.05, 0.1) is 0 Å². The van der Waals surface area contributed by atoms with Crippen LogP contribution in [0.1, 0.15) is 19.3 Å². The Morgan fingerprint density at radius 2 is 2.30 bits per heavy atom. The Kier molecular flexibility index (Phi) is 2.75. The van der Waals surface area contributed by atoms with Crippen LogP contribution in [0.4, 0.5) is 0 Å². The van der Waals surface area contributed by atoms with Crippen LogP contribution in [-0.2, 0) is 4.79 Å². The molecule has 1 N–H and O–H groups in total. The summed E-state index contributed by atoms with van der Waals surface area (Å²) in [5, 5.41) is 3.03. The zero-order valence-electron chi connectivity index (χ0n) is 5.69. The molecule has 0 aromatic rings. The Hall–Kier alpha value is -0.500. The van der Waals surface area contributed by atoms with Crippen LogP contribution in [0.15, 0.2) is 11.1 Å². The standard InChI is InChI=1S/C7H10ClNO/c8-6-4-2-1-3-5-9-7(6)10/h4H,1-3,5H2,(H,9,10). The van der Waals surface area contributed by atoms with Crippen LogP contribution in [0.3, 0.4) is 0 Å². The van der Waals surface area contributed by atoms with Crippen molar-refractivity contribution in [2.75, 3.05) is 6.54 Å². The van der Waals surface area contributed by atoms with E-state index in [9.17, 15) is 4.79 Å². The highest BCUT2D eigenvalue weighted by molar-refractivity contribution is 6.42. The molecule has 10 heavy (non-hydrogen) atoms. The molecule has 3 heteroatoms. The first-order valence-electron chi connectivity index (χ1n) is 3.44. The van der Waals surface area contributed by atoms with Gasteiger partial charge in [-0.25, -0.2) is 0 Å². The molecule has 0 aromatic heterocycles. The van der Waals surface area contributed by atoms with Gasteiger partial charge in [-0.05, 0) is 19.3 Å². The molecule has 0 fully saturated rings. The summed E-state index contributed by atoms with van der Waals surface area (Å²) in [6.45, 7) is 0.753. The summed E-state index contributed by atoms with van der Waals surface area (Å²) in [6.07, 6.45) is 4.85. The minimum absolute atomic E-state index is 0.138. The van der Waals surface area contributed by atoms with E-state index in [-0.39, 0.29) is 5.91 Å². The minimum atomic E-state index is -0.138. The minimum Gasteiger partial charge on any atom is -0.351 e. The van der Waals surface area contributed by atoms with Crippen LogP contribution >= 0.6 is 11.6 Å². The maximum atomic E-state index is 10.9. The molecule has 0 bridgehead atoms. The first kappa shape index (κ1) is 7.61. The molecule has 1 heterocycles. The first-order valence-corrected chi connectivity index (χ1v) is 3.82. The highest BCUT2D eigenvalue weighted by Crippen LogP contribution is 2.08. The van der Waals surface area contributed by atoms with E-state index in [0.29, 0.717) is 5.03 Å². The van der Waals surface area contributed by atoms with E-state index in [4.69, 9.17) is 11.6 Å². The second kappa shape index (κ2) is 3.62. The average molecular weight is 160 g/mol. The van der Waals surface area contributed by atoms with Crippen molar-refractivity contribution in [2.45, 2.75) is 19.3 Å². The lowest BCUT2D eigenvalue weighted by Gasteiger charge is -2.06. The van der Waals surface area contributed by atoms with Crippen LogP contribution < -0.4 is 5.32 Å². The third-order valence-corrected chi connectivity index (χ3v) is 1.78. The molecule has 2 nitrogen and oxygen atoms in total.